The van der Waals surface area contributed by atoms with E-state index >= 15 is 0 Å². The first kappa shape index (κ1) is 19.4. The van der Waals surface area contributed by atoms with Crippen LogP contribution in [0.2, 0.25) is 0 Å². The number of hydrazine groups is 1. The highest BCUT2D eigenvalue weighted by Crippen LogP contribution is 2.44. The van der Waals surface area contributed by atoms with E-state index in [1.54, 1.807) is 18.9 Å². The fraction of sp³-hybridized carbons (Fsp3) is 0.333. The van der Waals surface area contributed by atoms with Gasteiger partial charge in [0.25, 0.3) is 0 Å². The molecule has 0 saturated carbocycles. The van der Waals surface area contributed by atoms with Crippen LogP contribution in [0.1, 0.15) is 30.0 Å². The molecule has 0 bridgehead atoms. The summed E-state index contributed by atoms with van der Waals surface area (Å²) >= 11 is 6.38. The van der Waals surface area contributed by atoms with Gasteiger partial charge in [-0.25, -0.2) is 0 Å². The van der Waals surface area contributed by atoms with E-state index in [1.165, 1.54) is 32.7 Å². The average molecular weight is 387 g/mol. The number of rotatable bonds is 4. The predicted octanol–water partition coefficient (Wildman–Crippen LogP) is 4.45. The van der Waals surface area contributed by atoms with E-state index < -0.39 is 0 Å². The zero-order chi connectivity index (χ0) is 18.8. The third-order valence-electron chi connectivity index (χ3n) is 5.13. The lowest BCUT2D eigenvalue weighted by atomic mass is 9.88. The Morgan fingerprint density at radius 1 is 1.42 bits per heavy atom. The molecule has 26 heavy (non-hydrogen) atoms. The number of nitrogens with two attached hydrogens (primary N) is 1. The van der Waals surface area contributed by atoms with Crippen LogP contribution in [-0.2, 0) is 12.8 Å². The van der Waals surface area contributed by atoms with Gasteiger partial charge in [0.2, 0.25) is 0 Å². The van der Waals surface area contributed by atoms with E-state index in [2.05, 4.69) is 62.1 Å². The topological polar surface area (TPSA) is 47.3 Å². The van der Waals surface area contributed by atoms with Gasteiger partial charge in [-0.15, -0.1) is 24.4 Å². The number of thioether (sulfide) groups is 1. The van der Waals surface area contributed by atoms with Crippen molar-refractivity contribution in [1.29, 1.82) is 0 Å². The number of ether oxygens (including phenoxy) is 1. The molecule has 1 aromatic rings. The Bertz CT molecular complexity index is 837. The zero-order valence-electron chi connectivity index (χ0n) is 15.6. The molecular weight excluding hydrogens is 360 g/mol. The molecule has 0 saturated heterocycles. The molecule has 3 rings (SSSR count). The highest BCUT2D eigenvalue weighted by molar-refractivity contribution is 8.02. The molecule has 3 nitrogen and oxygen atoms in total. The monoisotopic (exact) mass is 386 g/mol. The van der Waals surface area contributed by atoms with Crippen LogP contribution in [0.3, 0.4) is 0 Å². The minimum atomic E-state index is 0.0825. The van der Waals surface area contributed by atoms with Crippen LogP contribution in [-0.4, -0.2) is 19.4 Å². The van der Waals surface area contributed by atoms with E-state index in [9.17, 15) is 0 Å². The van der Waals surface area contributed by atoms with Crippen molar-refractivity contribution in [2.45, 2.75) is 37.1 Å². The largest absolute Gasteiger partial charge is 0.495 e. The lowest BCUT2D eigenvalue weighted by Crippen LogP contribution is -2.36. The van der Waals surface area contributed by atoms with Crippen LogP contribution in [0.25, 0.3) is 5.57 Å². The summed E-state index contributed by atoms with van der Waals surface area (Å²) in [6.07, 6.45) is 11.4. The molecule has 0 aliphatic heterocycles. The Morgan fingerprint density at radius 2 is 2.19 bits per heavy atom. The van der Waals surface area contributed by atoms with E-state index in [0.29, 0.717) is 0 Å². The summed E-state index contributed by atoms with van der Waals surface area (Å²) in [5, 5.41) is 0. The van der Waals surface area contributed by atoms with Crippen LogP contribution in [0.4, 0.5) is 0 Å². The number of hydrogen-bond acceptors (Lipinski definition) is 5. The Labute approximate surface area is 165 Å². The molecule has 5 heteroatoms. The maximum atomic E-state index is 5.92. The number of benzene rings is 1. The SMILES string of the molecule is C=C1C=C2C(=CC=C1SC)c1c(cc(S)c(OC)c1CC)CCC2NN. The lowest BCUT2D eigenvalue weighted by Gasteiger charge is -2.22. The lowest BCUT2D eigenvalue weighted by molar-refractivity contribution is 0.399. The summed E-state index contributed by atoms with van der Waals surface area (Å²) in [6, 6.07) is 2.23. The normalized spacial score (nSPS) is 19.5. The fourth-order valence-electron chi connectivity index (χ4n) is 3.90. The molecular formula is C21H26N2OS2. The standard InChI is InChI=1S/C21H26N2OS2/c1-5-14-20-13(11-18(25)21(14)24-3)6-8-17(23-22)16-10-12(2)19(26-4)9-7-15(16)20/h7,9-11,17,23,25H,2,5-6,8,22H2,1,3-4H3. The summed E-state index contributed by atoms with van der Waals surface area (Å²) in [5.74, 6) is 6.79. The summed E-state index contributed by atoms with van der Waals surface area (Å²) in [4.78, 5) is 2.07. The van der Waals surface area contributed by atoms with Gasteiger partial charge >= 0.3 is 0 Å². The van der Waals surface area contributed by atoms with Crippen molar-refractivity contribution in [3.63, 3.8) is 0 Å². The highest BCUT2D eigenvalue weighted by atomic mass is 32.2. The molecule has 0 fully saturated rings. The molecule has 0 amide bonds. The van der Waals surface area contributed by atoms with Gasteiger partial charge in [-0.05, 0) is 71.6 Å². The third-order valence-corrected chi connectivity index (χ3v) is 6.30. The van der Waals surface area contributed by atoms with Crippen LogP contribution < -0.4 is 16.0 Å². The summed E-state index contributed by atoms with van der Waals surface area (Å²) < 4.78 is 5.70. The minimum Gasteiger partial charge on any atom is -0.495 e. The number of thiol groups is 1. The second kappa shape index (κ2) is 8.09. The van der Waals surface area contributed by atoms with Crippen LogP contribution >= 0.6 is 24.4 Å². The Balaban J connectivity index is 2.34. The van der Waals surface area contributed by atoms with Crippen molar-refractivity contribution >= 4 is 30.0 Å². The van der Waals surface area contributed by atoms with Gasteiger partial charge in [-0.1, -0.05) is 19.6 Å². The second-order valence-corrected chi connectivity index (χ2v) is 7.82. The van der Waals surface area contributed by atoms with Crippen molar-refractivity contribution in [3.8, 4) is 5.75 Å². The van der Waals surface area contributed by atoms with E-state index in [1.807, 2.05) is 0 Å². The molecule has 0 aromatic heterocycles. The number of hydrogen-bond donors (Lipinski definition) is 3. The fourth-order valence-corrected chi connectivity index (χ4v) is 4.81. The first-order valence-electron chi connectivity index (χ1n) is 8.81. The van der Waals surface area contributed by atoms with Gasteiger partial charge in [0.1, 0.15) is 5.75 Å². The van der Waals surface area contributed by atoms with Crippen LogP contribution in [0, 0.1) is 0 Å². The van der Waals surface area contributed by atoms with Gasteiger partial charge in [0.15, 0.2) is 0 Å². The van der Waals surface area contributed by atoms with Gasteiger partial charge in [0.05, 0.1) is 7.11 Å². The van der Waals surface area contributed by atoms with Crippen LogP contribution in [0.5, 0.6) is 5.75 Å². The molecule has 3 N–H and O–H groups in total. The minimum absolute atomic E-state index is 0.0825. The quantitative estimate of drug-likeness (QED) is 0.406. The summed E-state index contributed by atoms with van der Waals surface area (Å²) in [5.41, 5.74) is 10.2. The number of nitrogens with one attached hydrogen (secondary N) is 1. The molecule has 1 unspecified atom stereocenters. The Kier molecular flexibility index (Phi) is 6.03. The number of allylic oxidation sites excluding steroid dienone is 4. The van der Waals surface area contributed by atoms with Gasteiger partial charge < -0.3 is 4.74 Å². The Morgan fingerprint density at radius 3 is 2.81 bits per heavy atom. The molecule has 0 spiro atoms. The molecule has 1 atom stereocenters. The van der Waals surface area contributed by atoms with Crippen molar-refractivity contribution in [2.24, 2.45) is 5.84 Å². The molecule has 0 heterocycles. The number of fused-ring (bicyclic) bond motifs is 3. The van der Waals surface area contributed by atoms with Gasteiger partial charge in [0, 0.05) is 21.4 Å². The summed E-state index contributed by atoms with van der Waals surface area (Å²) in [6.45, 7) is 6.42. The first-order valence-corrected chi connectivity index (χ1v) is 10.5. The first-order chi connectivity index (χ1) is 12.5. The maximum Gasteiger partial charge on any atom is 0.135 e. The molecule has 1 aromatic carbocycles. The zero-order valence-corrected chi connectivity index (χ0v) is 17.3. The third kappa shape index (κ3) is 3.29. The number of methoxy groups -OCH3 is 1. The smallest absolute Gasteiger partial charge is 0.135 e. The van der Waals surface area contributed by atoms with Crippen LogP contribution in [0.15, 0.2) is 51.8 Å². The molecule has 2 aliphatic rings. The second-order valence-electron chi connectivity index (χ2n) is 6.49. The molecule has 138 valence electrons. The van der Waals surface area contributed by atoms with E-state index in [0.717, 1.165) is 35.5 Å². The molecule has 2 aliphatic carbocycles. The molecule has 0 radical (unpaired) electrons. The van der Waals surface area contributed by atoms with Crippen molar-refractivity contribution in [2.75, 3.05) is 13.4 Å². The van der Waals surface area contributed by atoms with Gasteiger partial charge in [-0.2, -0.15) is 0 Å². The van der Waals surface area contributed by atoms with Crippen molar-refractivity contribution < 1.29 is 4.74 Å². The van der Waals surface area contributed by atoms with Crippen molar-refractivity contribution in [1.82, 2.24) is 5.43 Å². The Hall–Kier alpha value is -1.40. The highest BCUT2D eigenvalue weighted by Gasteiger charge is 2.29. The summed E-state index contributed by atoms with van der Waals surface area (Å²) in [7, 11) is 1.72. The van der Waals surface area contributed by atoms with Crippen molar-refractivity contribution in [3.05, 3.63) is 63.6 Å². The van der Waals surface area contributed by atoms with Gasteiger partial charge in [-0.3, -0.25) is 11.3 Å². The van der Waals surface area contributed by atoms with E-state index in [4.69, 9.17) is 10.6 Å². The maximum absolute atomic E-state index is 5.92. The van der Waals surface area contributed by atoms with E-state index in [-0.39, 0.29) is 6.04 Å². The predicted molar refractivity (Wildman–Crippen MR) is 116 cm³/mol. The number of aryl methyl sites for hydroxylation is 1. The average Bonchev–Trinajstić information content (AvgIpc) is 2.88.